The molecule has 1 rings (SSSR count). The number of rotatable bonds is 2. The molecule has 0 aliphatic heterocycles. The van der Waals surface area contributed by atoms with Crippen molar-refractivity contribution >= 4 is 33.0 Å². The molecule has 0 bridgehead atoms. The molecule has 0 aromatic heterocycles. The first-order valence-corrected chi connectivity index (χ1v) is 5.40. The normalized spacial score (nSPS) is 11.4. The molecule has 0 aliphatic carbocycles. The van der Waals surface area contributed by atoms with Crippen LogP contribution in [-0.2, 0) is 15.8 Å². The van der Waals surface area contributed by atoms with Gasteiger partial charge in [0.25, 0.3) is 0 Å². The Labute approximate surface area is 120 Å². The Kier molecular flexibility index (Phi) is 6.90. The largest absolute Gasteiger partial charge is 1.00 e. The first-order chi connectivity index (χ1) is 6.56. The van der Waals surface area contributed by atoms with E-state index in [9.17, 15) is 13.6 Å². The van der Waals surface area contributed by atoms with Gasteiger partial charge in [0, 0.05) is 9.37 Å². The maximum Gasteiger partial charge on any atom is 1.00 e. The number of methoxy groups -OCH3 is 1. The van der Waals surface area contributed by atoms with Crippen LogP contribution in [0.5, 0.6) is 0 Å². The minimum absolute atomic E-state index is 0. The maximum absolute atomic E-state index is 11.2. The van der Waals surface area contributed by atoms with Crippen molar-refractivity contribution in [2.45, 2.75) is 4.90 Å². The summed E-state index contributed by atoms with van der Waals surface area (Å²) in [6.07, 6.45) is 0. The second kappa shape index (κ2) is 6.78. The summed E-state index contributed by atoms with van der Waals surface area (Å²) in [5.41, 5.74) is 0.189. The van der Waals surface area contributed by atoms with Crippen molar-refractivity contribution in [1.29, 1.82) is 0 Å². The van der Waals surface area contributed by atoms with E-state index < -0.39 is 17.0 Å². The number of carbonyl (C=O) groups is 1. The van der Waals surface area contributed by atoms with Gasteiger partial charge in [0.1, 0.15) is 0 Å². The Balaban J connectivity index is 0.00000196. The van der Waals surface area contributed by atoms with Crippen LogP contribution in [0.4, 0.5) is 0 Å². The zero-order valence-corrected chi connectivity index (χ0v) is 12.6. The first-order valence-electron chi connectivity index (χ1n) is 3.53. The van der Waals surface area contributed by atoms with Crippen molar-refractivity contribution in [2.75, 3.05) is 7.11 Å². The fourth-order valence-electron chi connectivity index (χ4n) is 0.874. The third-order valence-electron chi connectivity index (χ3n) is 1.54. The van der Waals surface area contributed by atoms with Gasteiger partial charge in [-0.25, -0.2) is 4.79 Å². The molecule has 0 spiro atoms. The number of esters is 1. The maximum atomic E-state index is 11.2. The van der Waals surface area contributed by atoms with Crippen LogP contribution < -0.4 is 29.6 Å². The van der Waals surface area contributed by atoms with Gasteiger partial charge in [-0.2, -0.15) is 0 Å². The Morgan fingerprint density at radius 1 is 1.53 bits per heavy atom. The van der Waals surface area contributed by atoms with E-state index in [1.807, 2.05) is 0 Å². The number of hydrogen-bond acceptors (Lipinski definition) is 4. The molecule has 0 saturated carbocycles. The molecule has 76 valence electrons. The Morgan fingerprint density at radius 2 is 2.13 bits per heavy atom. The average molecular weight is 301 g/mol. The van der Waals surface area contributed by atoms with Crippen molar-refractivity contribution in [2.24, 2.45) is 0 Å². The molecule has 1 aromatic rings. The molecule has 1 unspecified atom stereocenters. The Bertz CT molecular complexity index is 396. The molecule has 0 saturated heterocycles. The van der Waals surface area contributed by atoms with Crippen molar-refractivity contribution in [3.63, 3.8) is 0 Å². The van der Waals surface area contributed by atoms with Crippen LogP contribution in [0.15, 0.2) is 27.6 Å². The molecule has 0 fully saturated rings. The van der Waals surface area contributed by atoms with E-state index in [4.69, 9.17) is 0 Å². The third kappa shape index (κ3) is 3.97. The molecule has 4 nitrogen and oxygen atoms in total. The van der Waals surface area contributed by atoms with Crippen molar-refractivity contribution < 1.29 is 47.9 Å². The molecule has 7 heteroatoms. The van der Waals surface area contributed by atoms with E-state index in [-0.39, 0.29) is 40.0 Å². The number of ether oxygens (including phenoxy) is 1. The molecule has 15 heavy (non-hydrogen) atoms. The molecule has 0 heterocycles. The molecular formula is C8H6BrNaO4S. The van der Waals surface area contributed by atoms with Gasteiger partial charge in [0.05, 0.1) is 12.7 Å². The predicted molar refractivity (Wildman–Crippen MR) is 52.7 cm³/mol. The third-order valence-corrected chi connectivity index (χ3v) is 2.87. The van der Waals surface area contributed by atoms with Crippen molar-refractivity contribution in [3.05, 3.63) is 28.2 Å². The second-order valence-corrected chi connectivity index (χ2v) is 4.16. The smallest absolute Gasteiger partial charge is 0.768 e. The molecule has 0 aliphatic rings. The molecule has 1 atom stereocenters. The SMILES string of the molecule is COC(=O)c1cc(S(=O)[O-])ccc1Br.[Na+]. The number of halogens is 1. The van der Waals surface area contributed by atoms with Gasteiger partial charge in [0.2, 0.25) is 0 Å². The van der Waals surface area contributed by atoms with E-state index in [1.54, 1.807) is 0 Å². The van der Waals surface area contributed by atoms with E-state index >= 15 is 0 Å². The molecule has 0 radical (unpaired) electrons. The van der Waals surface area contributed by atoms with E-state index in [1.165, 1.54) is 25.3 Å². The van der Waals surface area contributed by atoms with Crippen LogP contribution in [-0.4, -0.2) is 21.8 Å². The van der Waals surface area contributed by atoms with Gasteiger partial charge < -0.3 is 9.29 Å². The number of carbonyl (C=O) groups excluding carboxylic acids is 1. The van der Waals surface area contributed by atoms with E-state index in [0.29, 0.717) is 4.47 Å². The van der Waals surface area contributed by atoms with Gasteiger partial charge in [0.15, 0.2) is 0 Å². The van der Waals surface area contributed by atoms with Gasteiger partial charge in [-0.1, -0.05) is 0 Å². The standard InChI is InChI=1S/C8H7BrO4S.Na/c1-13-8(10)6-4-5(14(11)12)2-3-7(6)9;/h2-4H,1H3,(H,11,12);/q;+1/p-1. The minimum Gasteiger partial charge on any atom is -0.768 e. The zero-order chi connectivity index (χ0) is 10.7. The molecule has 0 N–H and O–H groups in total. The predicted octanol–water partition coefficient (Wildman–Crippen LogP) is -1.52. The van der Waals surface area contributed by atoms with E-state index in [2.05, 4.69) is 20.7 Å². The topological polar surface area (TPSA) is 66.4 Å². The van der Waals surface area contributed by atoms with Crippen LogP contribution in [0.3, 0.4) is 0 Å². The summed E-state index contributed by atoms with van der Waals surface area (Å²) in [7, 11) is 1.23. The van der Waals surface area contributed by atoms with Crippen LogP contribution >= 0.6 is 15.9 Å². The van der Waals surface area contributed by atoms with Gasteiger partial charge in [-0.15, -0.1) is 0 Å². The van der Waals surface area contributed by atoms with Gasteiger partial charge >= 0.3 is 35.5 Å². The van der Waals surface area contributed by atoms with Crippen LogP contribution in [0.25, 0.3) is 0 Å². The van der Waals surface area contributed by atoms with Gasteiger partial charge in [-0.05, 0) is 45.2 Å². The Hall–Kier alpha value is 0.280. The molecule has 0 amide bonds. The molecule has 1 aromatic carbocycles. The fraction of sp³-hybridized carbons (Fsp3) is 0.125. The summed E-state index contributed by atoms with van der Waals surface area (Å²) in [5.74, 6) is -0.579. The van der Waals surface area contributed by atoms with Crippen molar-refractivity contribution in [1.82, 2.24) is 0 Å². The van der Waals surface area contributed by atoms with E-state index in [0.717, 1.165) is 0 Å². The quantitative estimate of drug-likeness (QED) is 0.378. The number of benzene rings is 1. The monoisotopic (exact) mass is 300 g/mol. The summed E-state index contributed by atoms with van der Waals surface area (Å²) >= 11 is 0.774. The second-order valence-electron chi connectivity index (χ2n) is 2.37. The van der Waals surface area contributed by atoms with Crippen LogP contribution in [0.2, 0.25) is 0 Å². The van der Waals surface area contributed by atoms with Gasteiger partial charge in [-0.3, -0.25) is 4.21 Å². The number of hydrogen-bond donors (Lipinski definition) is 0. The van der Waals surface area contributed by atoms with Crippen LogP contribution in [0, 0.1) is 0 Å². The minimum atomic E-state index is -2.34. The average Bonchev–Trinajstić information content (AvgIpc) is 2.17. The zero-order valence-electron chi connectivity index (χ0n) is 8.15. The summed E-state index contributed by atoms with van der Waals surface area (Å²) in [4.78, 5) is 11.2. The first kappa shape index (κ1) is 15.3. The molecular weight excluding hydrogens is 295 g/mol. The summed E-state index contributed by atoms with van der Waals surface area (Å²) < 4.78 is 26.2. The summed E-state index contributed by atoms with van der Waals surface area (Å²) in [6, 6.07) is 4.12. The van der Waals surface area contributed by atoms with Crippen LogP contribution in [0.1, 0.15) is 10.4 Å². The fourth-order valence-corrected chi connectivity index (χ4v) is 1.68. The summed E-state index contributed by atoms with van der Waals surface area (Å²) in [5, 5.41) is 0. The Morgan fingerprint density at radius 3 is 2.60 bits per heavy atom. The summed E-state index contributed by atoms with van der Waals surface area (Å²) in [6.45, 7) is 0. The van der Waals surface area contributed by atoms with Crippen molar-refractivity contribution in [3.8, 4) is 0 Å².